The third-order valence-corrected chi connectivity index (χ3v) is 2.67. The number of ether oxygens (including phenoxy) is 2. The lowest BCUT2D eigenvalue weighted by Gasteiger charge is -2.36. The lowest BCUT2D eigenvalue weighted by molar-refractivity contribution is -0.177. The van der Waals surface area contributed by atoms with Crippen LogP contribution >= 0.6 is 0 Å². The van der Waals surface area contributed by atoms with E-state index in [4.69, 9.17) is 9.47 Å². The Morgan fingerprint density at radius 1 is 1.10 bits per heavy atom. The molecule has 0 atom stereocenters. The molecule has 1 aliphatic carbocycles. The molecule has 1 rings (SSSR count). The molecule has 0 N–H and O–H groups in total. The van der Waals surface area contributed by atoms with Crippen LogP contribution in [0.1, 0.15) is 34.1 Å². The first-order valence-electron chi connectivity index (χ1n) is 6.20. The highest BCUT2D eigenvalue weighted by molar-refractivity contribution is 6.04. The van der Waals surface area contributed by atoms with E-state index in [0.717, 1.165) is 0 Å². The smallest absolute Gasteiger partial charge is 0.412 e. The number of alkyl halides is 3. The summed E-state index contributed by atoms with van der Waals surface area (Å²) >= 11 is 0. The van der Waals surface area contributed by atoms with Crippen LogP contribution in [-0.4, -0.2) is 30.3 Å². The Hall–Kier alpha value is -1.53. The maximum Gasteiger partial charge on any atom is 0.412 e. The zero-order valence-corrected chi connectivity index (χ0v) is 11.7. The van der Waals surface area contributed by atoms with Gasteiger partial charge in [0.1, 0.15) is 0 Å². The molecule has 0 unspecified atom stereocenters. The Morgan fingerprint density at radius 3 is 1.70 bits per heavy atom. The average molecular weight is 294 g/mol. The number of hydrogen-bond acceptors (Lipinski definition) is 4. The maximum absolute atomic E-state index is 12.5. The summed E-state index contributed by atoms with van der Waals surface area (Å²) < 4.78 is 47.3. The second kappa shape index (κ2) is 5.46. The monoisotopic (exact) mass is 294 g/mol. The van der Waals surface area contributed by atoms with Crippen molar-refractivity contribution in [2.24, 2.45) is 5.41 Å². The molecular weight excluding hydrogens is 277 g/mol. The molecule has 0 amide bonds. The van der Waals surface area contributed by atoms with Crippen LogP contribution in [0.15, 0.2) is 11.6 Å². The highest BCUT2D eigenvalue weighted by Gasteiger charge is 2.59. The second-order valence-corrected chi connectivity index (χ2v) is 5.22. The van der Waals surface area contributed by atoms with Gasteiger partial charge in [0, 0.05) is 12.0 Å². The molecule has 0 spiro atoms. The summed E-state index contributed by atoms with van der Waals surface area (Å²) in [6.45, 7) is 6.19. The molecule has 0 aromatic carbocycles. The molecule has 0 heterocycles. The topological polar surface area (TPSA) is 52.6 Å². The summed E-state index contributed by atoms with van der Waals surface area (Å²) in [5, 5.41) is 0. The van der Waals surface area contributed by atoms with Gasteiger partial charge in [-0.3, -0.25) is 9.59 Å². The number of rotatable bonds is 4. The summed E-state index contributed by atoms with van der Waals surface area (Å²) in [6, 6.07) is 0. The van der Waals surface area contributed by atoms with Crippen LogP contribution in [0.2, 0.25) is 0 Å². The molecule has 0 saturated carbocycles. The third kappa shape index (κ3) is 3.32. The van der Waals surface area contributed by atoms with Crippen molar-refractivity contribution >= 4 is 11.9 Å². The van der Waals surface area contributed by atoms with Crippen LogP contribution in [-0.2, 0) is 19.1 Å². The fourth-order valence-electron chi connectivity index (χ4n) is 1.73. The van der Waals surface area contributed by atoms with Crippen LogP contribution in [0.25, 0.3) is 0 Å². The standard InChI is InChI=1S/C13H17F3O4/c1-7(2)19-10(17)12(11(18)20-8(3)4)5-9(6-12)13(14,15)16/h5,7-8H,6H2,1-4H3. The molecule has 4 nitrogen and oxygen atoms in total. The average Bonchev–Trinajstić information content (AvgIpc) is 2.09. The van der Waals surface area contributed by atoms with E-state index in [1.165, 1.54) is 0 Å². The van der Waals surface area contributed by atoms with Crippen LogP contribution in [0, 0.1) is 5.41 Å². The molecule has 0 saturated heterocycles. The van der Waals surface area contributed by atoms with Crippen LogP contribution < -0.4 is 0 Å². The maximum atomic E-state index is 12.5. The number of esters is 2. The molecule has 114 valence electrons. The predicted octanol–water partition coefficient (Wildman–Crippen LogP) is 2.77. The number of hydrogen-bond donors (Lipinski definition) is 0. The quantitative estimate of drug-likeness (QED) is 0.454. The first-order chi connectivity index (χ1) is 8.99. The number of carbonyl (C=O) groups is 2. The van der Waals surface area contributed by atoms with Crippen molar-refractivity contribution in [2.45, 2.75) is 52.5 Å². The van der Waals surface area contributed by atoms with Gasteiger partial charge >= 0.3 is 18.1 Å². The third-order valence-electron chi connectivity index (χ3n) is 2.67. The highest BCUT2D eigenvalue weighted by Crippen LogP contribution is 2.48. The summed E-state index contributed by atoms with van der Waals surface area (Å²) in [7, 11) is 0. The molecule has 0 aromatic heterocycles. The van der Waals surface area contributed by atoms with Crippen molar-refractivity contribution in [3.8, 4) is 0 Å². The summed E-state index contributed by atoms with van der Waals surface area (Å²) in [4.78, 5) is 23.8. The van der Waals surface area contributed by atoms with Crippen molar-refractivity contribution < 1.29 is 32.2 Å². The van der Waals surface area contributed by atoms with Gasteiger partial charge in [-0.25, -0.2) is 0 Å². The molecule has 20 heavy (non-hydrogen) atoms. The number of allylic oxidation sites excluding steroid dienone is 1. The van der Waals surface area contributed by atoms with Gasteiger partial charge in [-0.1, -0.05) is 0 Å². The Balaban J connectivity index is 3.03. The zero-order chi connectivity index (χ0) is 15.7. The van der Waals surface area contributed by atoms with E-state index in [1.807, 2.05) is 0 Å². The molecule has 0 aromatic rings. The minimum atomic E-state index is -4.56. The van der Waals surface area contributed by atoms with Crippen molar-refractivity contribution in [1.29, 1.82) is 0 Å². The van der Waals surface area contributed by atoms with Crippen molar-refractivity contribution in [3.63, 3.8) is 0 Å². The fourth-order valence-corrected chi connectivity index (χ4v) is 1.73. The molecule has 0 aliphatic heterocycles. The van der Waals surface area contributed by atoms with Crippen LogP contribution in [0.3, 0.4) is 0 Å². The van der Waals surface area contributed by atoms with E-state index in [0.29, 0.717) is 6.08 Å². The fraction of sp³-hybridized carbons (Fsp3) is 0.692. The lowest BCUT2D eigenvalue weighted by Crippen LogP contribution is -2.49. The van der Waals surface area contributed by atoms with Crippen molar-refractivity contribution in [1.82, 2.24) is 0 Å². The van der Waals surface area contributed by atoms with Crippen LogP contribution in [0.4, 0.5) is 13.2 Å². The van der Waals surface area contributed by atoms with Gasteiger partial charge in [0.05, 0.1) is 12.2 Å². The first-order valence-corrected chi connectivity index (χ1v) is 6.20. The van der Waals surface area contributed by atoms with Gasteiger partial charge in [0.25, 0.3) is 0 Å². The van der Waals surface area contributed by atoms with Crippen molar-refractivity contribution in [3.05, 3.63) is 11.6 Å². The van der Waals surface area contributed by atoms with Gasteiger partial charge in [-0.05, 0) is 33.8 Å². The Kier molecular flexibility index (Phi) is 4.51. The number of carbonyl (C=O) groups excluding carboxylic acids is 2. The minimum absolute atomic E-state index is 0.533. The molecular formula is C13H17F3O4. The molecule has 7 heteroatoms. The second-order valence-electron chi connectivity index (χ2n) is 5.22. The van der Waals surface area contributed by atoms with E-state index in [9.17, 15) is 22.8 Å². The van der Waals surface area contributed by atoms with E-state index in [1.54, 1.807) is 27.7 Å². The summed E-state index contributed by atoms with van der Waals surface area (Å²) in [5.41, 5.74) is -2.89. The van der Waals surface area contributed by atoms with Gasteiger partial charge in [-0.15, -0.1) is 0 Å². The van der Waals surface area contributed by atoms with Gasteiger partial charge in [0.15, 0.2) is 5.41 Å². The normalized spacial score (nSPS) is 17.6. The van der Waals surface area contributed by atoms with Gasteiger partial charge < -0.3 is 9.47 Å². The number of halogens is 3. The lowest BCUT2D eigenvalue weighted by atomic mass is 9.70. The first kappa shape index (κ1) is 16.5. The molecule has 0 bridgehead atoms. The van der Waals surface area contributed by atoms with Gasteiger partial charge in [0.2, 0.25) is 0 Å². The Bertz CT molecular complexity index is 413. The molecule has 0 fully saturated rings. The minimum Gasteiger partial charge on any atom is -0.462 e. The Morgan fingerprint density at radius 2 is 1.45 bits per heavy atom. The largest absolute Gasteiger partial charge is 0.462 e. The predicted molar refractivity (Wildman–Crippen MR) is 63.6 cm³/mol. The Labute approximate surface area is 114 Å². The highest BCUT2D eigenvalue weighted by atomic mass is 19.4. The SMILES string of the molecule is CC(C)OC(=O)C1(C(=O)OC(C)C)C=C(C(F)(F)F)C1. The van der Waals surface area contributed by atoms with E-state index >= 15 is 0 Å². The van der Waals surface area contributed by atoms with E-state index in [2.05, 4.69) is 0 Å². The van der Waals surface area contributed by atoms with Gasteiger partial charge in [-0.2, -0.15) is 13.2 Å². The summed E-state index contributed by atoms with van der Waals surface area (Å²) in [5.74, 6) is -2.02. The molecule has 0 radical (unpaired) electrons. The molecule has 1 aliphatic rings. The van der Waals surface area contributed by atoms with Crippen molar-refractivity contribution in [2.75, 3.05) is 0 Å². The summed E-state index contributed by atoms with van der Waals surface area (Å²) in [6.07, 6.45) is -5.76. The van der Waals surface area contributed by atoms with E-state index in [-0.39, 0.29) is 0 Å². The van der Waals surface area contributed by atoms with Crippen LogP contribution in [0.5, 0.6) is 0 Å². The zero-order valence-electron chi connectivity index (χ0n) is 11.7. The van der Waals surface area contributed by atoms with E-state index < -0.39 is 47.7 Å².